The molecule has 4 N–H and O–H groups in total. The van der Waals surface area contributed by atoms with E-state index in [0.29, 0.717) is 37.7 Å². The number of nitrogens with zero attached hydrogens (tertiary/aromatic N) is 1. The van der Waals surface area contributed by atoms with Gasteiger partial charge in [0.25, 0.3) is 0 Å². The van der Waals surface area contributed by atoms with Gasteiger partial charge in [-0.3, -0.25) is 9.79 Å². The molecule has 8 heteroatoms. The van der Waals surface area contributed by atoms with Crippen LogP contribution in [0.3, 0.4) is 0 Å². The Balaban J connectivity index is 0.00000392. The maximum Gasteiger partial charge on any atom is 0.223 e. The van der Waals surface area contributed by atoms with Crippen LogP contribution in [0, 0.1) is 11.8 Å². The van der Waals surface area contributed by atoms with Gasteiger partial charge in [-0.2, -0.15) is 0 Å². The van der Waals surface area contributed by atoms with Crippen LogP contribution in [-0.2, 0) is 9.53 Å². The minimum absolute atomic E-state index is 0. The molecule has 0 saturated heterocycles. The molecular formula is C20H39IN4O3. The molecule has 3 atom stereocenters. The lowest BCUT2D eigenvalue weighted by molar-refractivity contribution is -0.126. The summed E-state index contributed by atoms with van der Waals surface area (Å²) < 4.78 is 5.47. The van der Waals surface area contributed by atoms with E-state index >= 15 is 0 Å². The zero-order chi connectivity index (χ0) is 19.6. The summed E-state index contributed by atoms with van der Waals surface area (Å²) in [5.41, 5.74) is 0. The molecule has 0 aliphatic heterocycles. The summed E-state index contributed by atoms with van der Waals surface area (Å²) in [6.07, 6.45) is 5.53. The van der Waals surface area contributed by atoms with E-state index in [1.165, 1.54) is 0 Å². The van der Waals surface area contributed by atoms with Crippen molar-refractivity contribution in [2.24, 2.45) is 16.8 Å². The van der Waals surface area contributed by atoms with E-state index in [4.69, 9.17) is 4.74 Å². The molecule has 2 fully saturated rings. The third-order valence-electron chi connectivity index (χ3n) is 4.88. The van der Waals surface area contributed by atoms with Crippen LogP contribution in [0.15, 0.2) is 4.99 Å². The highest BCUT2D eigenvalue weighted by Crippen LogP contribution is 2.26. The number of aliphatic hydroxyl groups is 1. The van der Waals surface area contributed by atoms with Gasteiger partial charge < -0.3 is 25.8 Å². The van der Waals surface area contributed by atoms with E-state index in [0.717, 1.165) is 45.1 Å². The fourth-order valence-corrected chi connectivity index (χ4v) is 3.31. The zero-order valence-corrected chi connectivity index (χ0v) is 19.9. The van der Waals surface area contributed by atoms with Crippen LogP contribution in [0.1, 0.15) is 59.3 Å². The van der Waals surface area contributed by atoms with Gasteiger partial charge in [0.05, 0.1) is 19.3 Å². The van der Waals surface area contributed by atoms with Gasteiger partial charge in [0.1, 0.15) is 0 Å². The second-order valence-corrected chi connectivity index (χ2v) is 8.29. The maximum absolute atomic E-state index is 12.3. The van der Waals surface area contributed by atoms with Gasteiger partial charge in [-0.1, -0.05) is 20.3 Å². The van der Waals surface area contributed by atoms with E-state index in [9.17, 15) is 9.90 Å². The molecule has 1 amide bonds. The van der Waals surface area contributed by atoms with E-state index in [2.05, 4.69) is 34.8 Å². The smallest absolute Gasteiger partial charge is 0.223 e. The average Bonchev–Trinajstić information content (AvgIpc) is 3.44. The number of nitrogens with one attached hydrogen (secondary N) is 3. The van der Waals surface area contributed by atoms with Gasteiger partial charge in [-0.25, -0.2) is 0 Å². The monoisotopic (exact) mass is 510 g/mol. The van der Waals surface area contributed by atoms with Crippen molar-refractivity contribution in [1.29, 1.82) is 0 Å². The topological polar surface area (TPSA) is 95.0 Å². The van der Waals surface area contributed by atoms with Gasteiger partial charge >= 0.3 is 0 Å². The minimum atomic E-state index is -0.609. The molecule has 2 aliphatic rings. The molecule has 3 unspecified atom stereocenters. The molecule has 0 radical (unpaired) electrons. The lowest BCUT2D eigenvalue weighted by Gasteiger charge is -2.30. The van der Waals surface area contributed by atoms with Gasteiger partial charge in [0.15, 0.2) is 5.96 Å². The van der Waals surface area contributed by atoms with Crippen molar-refractivity contribution >= 4 is 35.8 Å². The van der Waals surface area contributed by atoms with Crippen LogP contribution in [0.25, 0.3) is 0 Å². The number of aliphatic hydroxyl groups excluding tert-OH is 1. The quantitative estimate of drug-likeness (QED) is 0.205. The molecule has 28 heavy (non-hydrogen) atoms. The number of halogens is 1. The predicted molar refractivity (Wildman–Crippen MR) is 123 cm³/mol. The normalized spacial score (nSPS) is 23.7. The lowest BCUT2D eigenvalue weighted by Crippen LogP contribution is -2.47. The Bertz CT molecular complexity index is 486. The number of guanidine groups is 1. The molecule has 2 rings (SSSR count). The van der Waals surface area contributed by atoms with Gasteiger partial charge in [-0.05, 0) is 44.9 Å². The van der Waals surface area contributed by atoms with Crippen LogP contribution < -0.4 is 16.0 Å². The zero-order valence-electron chi connectivity index (χ0n) is 17.6. The van der Waals surface area contributed by atoms with E-state index in [-0.39, 0.29) is 41.8 Å². The fraction of sp³-hybridized carbons (Fsp3) is 0.900. The van der Waals surface area contributed by atoms with Crippen molar-refractivity contribution in [1.82, 2.24) is 16.0 Å². The number of ether oxygens (including phenoxy) is 1. The van der Waals surface area contributed by atoms with Crippen molar-refractivity contribution in [3.8, 4) is 0 Å². The van der Waals surface area contributed by atoms with Crippen LogP contribution in [0.4, 0.5) is 0 Å². The first-order chi connectivity index (χ1) is 13.0. The average molecular weight is 510 g/mol. The van der Waals surface area contributed by atoms with Crippen LogP contribution >= 0.6 is 24.0 Å². The summed E-state index contributed by atoms with van der Waals surface area (Å²) in [6.45, 7) is 8.18. The van der Waals surface area contributed by atoms with Crippen molar-refractivity contribution in [2.75, 3.05) is 26.3 Å². The van der Waals surface area contributed by atoms with Crippen LogP contribution in [-0.4, -0.2) is 61.5 Å². The first-order valence-corrected chi connectivity index (χ1v) is 10.6. The van der Waals surface area contributed by atoms with E-state index in [1.54, 1.807) is 0 Å². The molecule has 0 aromatic heterocycles. The minimum Gasteiger partial charge on any atom is -0.389 e. The summed E-state index contributed by atoms with van der Waals surface area (Å²) in [4.78, 5) is 16.8. The standard InChI is InChI=1S/C20H38N4O3.HI/c1-4-21-20(22-11-18(25)13-27-12-14(2)3)24-17-7-5-6-15(10-17)19(26)23-16-8-9-16;/h14-18,25H,4-13H2,1-3H3,(H,23,26)(H2,21,22,24);1H. The number of rotatable bonds is 10. The molecule has 0 spiro atoms. The maximum atomic E-state index is 12.3. The Morgan fingerprint density at radius 3 is 2.54 bits per heavy atom. The number of hydrogen-bond acceptors (Lipinski definition) is 4. The Kier molecular flexibility index (Phi) is 12.3. The molecule has 7 nitrogen and oxygen atoms in total. The Labute approximate surface area is 186 Å². The molecule has 2 aliphatic carbocycles. The highest BCUT2D eigenvalue weighted by Gasteiger charge is 2.31. The summed E-state index contributed by atoms with van der Waals surface area (Å²) >= 11 is 0. The third-order valence-corrected chi connectivity index (χ3v) is 4.88. The summed E-state index contributed by atoms with van der Waals surface area (Å²) in [5, 5.41) is 19.9. The second kappa shape index (κ2) is 13.6. The van der Waals surface area contributed by atoms with Gasteiger partial charge in [0, 0.05) is 31.2 Å². The first-order valence-electron chi connectivity index (χ1n) is 10.6. The van der Waals surface area contributed by atoms with Crippen molar-refractivity contribution in [2.45, 2.75) is 77.5 Å². The molecule has 0 aromatic rings. The van der Waals surface area contributed by atoms with Crippen LogP contribution in [0.5, 0.6) is 0 Å². The Morgan fingerprint density at radius 1 is 1.14 bits per heavy atom. The highest BCUT2D eigenvalue weighted by molar-refractivity contribution is 14.0. The van der Waals surface area contributed by atoms with Crippen molar-refractivity contribution in [3.63, 3.8) is 0 Å². The first kappa shape index (κ1) is 25.4. The van der Waals surface area contributed by atoms with Crippen molar-refractivity contribution < 1.29 is 14.6 Å². The number of amides is 1. The number of carbonyl (C=O) groups is 1. The van der Waals surface area contributed by atoms with E-state index < -0.39 is 6.10 Å². The predicted octanol–water partition coefficient (Wildman–Crippen LogP) is 2.03. The largest absolute Gasteiger partial charge is 0.389 e. The Morgan fingerprint density at radius 2 is 1.89 bits per heavy atom. The summed E-state index contributed by atoms with van der Waals surface area (Å²) in [7, 11) is 0. The molecule has 0 aromatic carbocycles. The molecule has 164 valence electrons. The number of hydrogen-bond donors (Lipinski definition) is 4. The SMILES string of the molecule is CCNC(=NCC(O)COCC(C)C)NC1CCCC(C(=O)NC2CC2)C1.I. The number of carbonyl (C=O) groups excluding carboxylic acids is 1. The lowest BCUT2D eigenvalue weighted by atomic mass is 9.85. The molecule has 0 heterocycles. The molecular weight excluding hydrogens is 471 g/mol. The number of aliphatic imine (C=N–C) groups is 1. The summed E-state index contributed by atoms with van der Waals surface area (Å²) in [6, 6.07) is 0.657. The molecule has 2 saturated carbocycles. The van der Waals surface area contributed by atoms with Gasteiger partial charge in [-0.15, -0.1) is 24.0 Å². The Hall–Kier alpha value is -0.610. The highest BCUT2D eigenvalue weighted by atomic mass is 127. The molecule has 0 bridgehead atoms. The second-order valence-electron chi connectivity index (χ2n) is 8.29. The van der Waals surface area contributed by atoms with E-state index in [1.807, 2.05) is 6.92 Å². The van der Waals surface area contributed by atoms with Crippen molar-refractivity contribution in [3.05, 3.63) is 0 Å². The van der Waals surface area contributed by atoms with Crippen LogP contribution in [0.2, 0.25) is 0 Å². The summed E-state index contributed by atoms with van der Waals surface area (Å²) in [5.74, 6) is 1.46. The third kappa shape index (κ3) is 10.2. The van der Waals surface area contributed by atoms with Gasteiger partial charge in [0.2, 0.25) is 5.91 Å². The fourth-order valence-electron chi connectivity index (χ4n) is 3.31.